The lowest BCUT2D eigenvalue weighted by molar-refractivity contribution is 0.0692. The maximum Gasteiger partial charge on any atom is 0.336 e. The second-order valence-electron chi connectivity index (χ2n) is 5.36. The number of anilines is 1. The molecule has 2 aromatic rings. The number of hydrogen-bond donors (Lipinski definition) is 2. The summed E-state index contributed by atoms with van der Waals surface area (Å²) in [6.45, 7) is 8.50. The lowest BCUT2D eigenvalue weighted by Gasteiger charge is -2.22. The molecule has 5 heteroatoms. The molecule has 0 amide bonds. The second kappa shape index (κ2) is 7.97. The molecule has 128 valence electrons. The van der Waals surface area contributed by atoms with Gasteiger partial charge in [-0.3, -0.25) is 4.79 Å². The molecule has 2 aromatic carbocycles. The number of carboxylic acids is 1. The number of carbonyl (C=O) groups is 2. The van der Waals surface area contributed by atoms with Crippen molar-refractivity contribution < 1.29 is 19.8 Å². The number of benzene rings is 2. The van der Waals surface area contributed by atoms with E-state index in [1.807, 2.05) is 4.90 Å². The average molecular weight is 337 g/mol. The Morgan fingerprint density at radius 2 is 1.56 bits per heavy atom. The van der Waals surface area contributed by atoms with Crippen molar-refractivity contribution in [3.63, 3.8) is 0 Å². The number of phenols is 1. The molecule has 2 rings (SSSR count). The maximum atomic E-state index is 12.7. The van der Waals surface area contributed by atoms with E-state index in [1.165, 1.54) is 24.3 Å². The zero-order valence-corrected chi connectivity index (χ0v) is 13.7. The van der Waals surface area contributed by atoms with Crippen LogP contribution in [0.3, 0.4) is 0 Å². The van der Waals surface area contributed by atoms with Crippen LogP contribution in [0.1, 0.15) is 26.3 Å². The summed E-state index contributed by atoms with van der Waals surface area (Å²) in [7, 11) is 0. The van der Waals surface area contributed by atoms with E-state index in [0.29, 0.717) is 18.8 Å². The first-order valence-electron chi connectivity index (χ1n) is 7.66. The van der Waals surface area contributed by atoms with Gasteiger partial charge in [0, 0.05) is 30.4 Å². The fourth-order valence-electron chi connectivity index (χ4n) is 2.52. The molecule has 5 nitrogen and oxygen atoms in total. The Kier molecular flexibility index (Phi) is 5.74. The van der Waals surface area contributed by atoms with Crippen molar-refractivity contribution in [3.8, 4) is 5.75 Å². The molecule has 0 aromatic heterocycles. The van der Waals surface area contributed by atoms with Gasteiger partial charge in [0.1, 0.15) is 5.75 Å². The van der Waals surface area contributed by atoms with Crippen molar-refractivity contribution in [2.24, 2.45) is 0 Å². The molecule has 25 heavy (non-hydrogen) atoms. The summed E-state index contributed by atoms with van der Waals surface area (Å²) >= 11 is 0. The third kappa shape index (κ3) is 3.95. The molecular weight excluding hydrogens is 318 g/mol. The van der Waals surface area contributed by atoms with Crippen molar-refractivity contribution in [3.05, 3.63) is 84.5 Å². The monoisotopic (exact) mass is 337 g/mol. The van der Waals surface area contributed by atoms with Crippen LogP contribution in [0.5, 0.6) is 5.75 Å². The number of nitrogens with zero attached hydrogens (tertiary/aromatic N) is 1. The summed E-state index contributed by atoms with van der Waals surface area (Å²) in [5, 5.41) is 19.5. The first kappa shape index (κ1) is 18.0. The molecule has 0 radical (unpaired) electrons. The molecular formula is C20H19NO4. The van der Waals surface area contributed by atoms with Gasteiger partial charge in [0.2, 0.25) is 0 Å². The predicted molar refractivity (Wildman–Crippen MR) is 97.5 cm³/mol. The molecule has 0 aliphatic rings. The Morgan fingerprint density at radius 1 is 0.960 bits per heavy atom. The van der Waals surface area contributed by atoms with E-state index in [4.69, 9.17) is 0 Å². The van der Waals surface area contributed by atoms with Crippen molar-refractivity contribution in [2.75, 3.05) is 18.0 Å². The molecule has 0 bridgehead atoms. The van der Waals surface area contributed by atoms with E-state index in [-0.39, 0.29) is 22.4 Å². The van der Waals surface area contributed by atoms with E-state index >= 15 is 0 Å². The normalized spacial score (nSPS) is 10.1. The number of carbonyl (C=O) groups excluding carboxylic acids is 1. The van der Waals surface area contributed by atoms with Crippen LogP contribution in [0.2, 0.25) is 0 Å². The molecule has 2 N–H and O–H groups in total. The smallest absolute Gasteiger partial charge is 0.336 e. The number of carboxylic acid groups (broad SMARTS) is 1. The minimum atomic E-state index is -1.19. The van der Waals surface area contributed by atoms with Gasteiger partial charge < -0.3 is 15.1 Å². The SMILES string of the molecule is C=CCN(CC=C)c1ccc(C(=O)c2ccccc2C(=O)O)c(O)c1. The van der Waals surface area contributed by atoms with Crippen LogP contribution < -0.4 is 4.90 Å². The Labute approximate surface area is 146 Å². The van der Waals surface area contributed by atoms with Gasteiger partial charge in [-0.1, -0.05) is 30.4 Å². The van der Waals surface area contributed by atoms with E-state index in [9.17, 15) is 19.8 Å². The van der Waals surface area contributed by atoms with Crippen LogP contribution in [0, 0.1) is 0 Å². The lowest BCUT2D eigenvalue weighted by Crippen LogP contribution is -2.23. The first-order chi connectivity index (χ1) is 12.0. The summed E-state index contributed by atoms with van der Waals surface area (Å²) in [5.41, 5.74) is 0.693. The molecule has 0 unspecified atom stereocenters. The Bertz CT molecular complexity index is 816. The van der Waals surface area contributed by atoms with Gasteiger partial charge in [0.25, 0.3) is 0 Å². The highest BCUT2D eigenvalue weighted by atomic mass is 16.4. The summed E-state index contributed by atoms with van der Waals surface area (Å²) in [6.07, 6.45) is 3.45. The summed E-state index contributed by atoms with van der Waals surface area (Å²) in [4.78, 5) is 25.9. The summed E-state index contributed by atoms with van der Waals surface area (Å²) in [6, 6.07) is 10.6. The van der Waals surface area contributed by atoms with Crippen LogP contribution in [-0.4, -0.2) is 35.1 Å². The predicted octanol–water partition coefficient (Wildman–Crippen LogP) is 3.50. The van der Waals surface area contributed by atoms with Gasteiger partial charge in [0.05, 0.1) is 11.1 Å². The number of ketones is 1. The maximum absolute atomic E-state index is 12.7. The molecule has 0 heterocycles. The number of aromatic carboxylic acids is 1. The van der Waals surface area contributed by atoms with Crippen LogP contribution in [0.15, 0.2) is 67.8 Å². The molecule has 0 aliphatic carbocycles. The topological polar surface area (TPSA) is 77.8 Å². The molecule has 0 saturated heterocycles. The quantitative estimate of drug-likeness (QED) is 0.569. The third-order valence-corrected chi connectivity index (χ3v) is 3.69. The van der Waals surface area contributed by atoms with Gasteiger partial charge in [0.15, 0.2) is 5.78 Å². The van der Waals surface area contributed by atoms with Crippen molar-refractivity contribution >= 4 is 17.4 Å². The Balaban J connectivity index is 2.41. The number of rotatable bonds is 8. The summed E-state index contributed by atoms with van der Waals surface area (Å²) in [5.74, 6) is -1.94. The molecule has 0 aliphatic heterocycles. The number of phenolic OH excluding ortho intramolecular Hbond substituents is 1. The van der Waals surface area contributed by atoms with E-state index in [2.05, 4.69) is 13.2 Å². The lowest BCUT2D eigenvalue weighted by atomic mass is 9.97. The number of aromatic hydroxyl groups is 1. The highest BCUT2D eigenvalue weighted by molar-refractivity contribution is 6.15. The van der Waals surface area contributed by atoms with Gasteiger partial charge in [-0.15, -0.1) is 13.2 Å². The summed E-state index contributed by atoms with van der Waals surface area (Å²) < 4.78 is 0. The van der Waals surface area contributed by atoms with Crippen LogP contribution in [0.25, 0.3) is 0 Å². The van der Waals surface area contributed by atoms with Crippen molar-refractivity contribution in [1.29, 1.82) is 0 Å². The average Bonchev–Trinajstić information content (AvgIpc) is 2.61. The second-order valence-corrected chi connectivity index (χ2v) is 5.36. The van der Waals surface area contributed by atoms with Crippen LogP contribution >= 0.6 is 0 Å². The Hall–Kier alpha value is -3.34. The van der Waals surface area contributed by atoms with Crippen molar-refractivity contribution in [2.45, 2.75) is 0 Å². The van der Waals surface area contributed by atoms with Gasteiger partial charge in [-0.25, -0.2) is 4.79 Å². The minimum Gasteiger partial charge on any atom is -0.507 e. The number of hydrogen-bond acceptors (Lipinski definition) is 4. The molecule has 0 spiro atoms. The zero-order chi connectivity index (χ0) is 18.4. The van der Waals surface area contributed by atoms with E-state index in [1.54, 1.807) is 30.4 Å². The van der Waals surface area contributed by atoms with E-state index < -0.39 is 11.8 Å². The van der Waals surface area contributed by atoms with Crippen molar-refractivity contribution in [1.82, 2.24) is 0 Å². The van der Waals surface area contributed by atoms with Crippen LogP contribution in [0.4, 0.5) is 5.69 Å². The van der Waals surface area contributed by atoms with Gasteiger partial charge in [-0.05, 0) is 18.2 Å². The zero-order valence-electron chi connectivity index (χ0n) is 13.7. The fraction of sp³-hybridized carbons (Fsp3) is 0.100. The fourth-order valence-corrected chi connectivity index (χ4v) is 2.52. The third-order valence-electron chi connectivity index (χ3n) is 3.69. The molecule has 0 atom stereocenters. The molecule has 0 saturated carbocycles. The minimum absolute atomic E-state index is 0.0343. The highest BCUT2D eigenvalue weighted by Gasteiger charge is 2.20. The van der Waals surface area contributed by atoms with Crippen LogP contribution in [-0.2, 0) is 0 Å². The Morgan fingerprint density at radius 3 is 2.08 bits per heavy atom. The molecule has 0 fully saturated rings. The highest BCUT2D eigenvalue weighted by Crippen LogP contribution is 2.27. The van der Waals surface area contributed by atoms with Gasteiger partial charge >= 0.3 is 5.97 Å². The van der Waals surface area contributed by atoms with E-state index in [0.717, 1.165) is 0 Å². The van der Waals surface area contributed by atoms with Gasteiger partial charge in [-0.2, -0.15) is 0 Å². The first-order valence-corrected chi connectivity index (χ1v) is 7.66. The largest absolute Gasteiger partial charge is 0.507 e. The standard InChI is InChI=1S/C20H19NO4/c1-3-11-21(12-4-2)14-9-10-17(18(22)13-14)19(23)15-7-5-6-8-16(15)20(24)25/h3-10,13,22H,1-2,11-12H2,(H,24,25).